The molecule has 0 N–H and O–H groups in total. The fraction of sp³-hybridized carbons (Fsp3) is 0.300. The van der Waals surface area contributed by atoms with Crippen LogP contribution in [0.15, 0.2) is 51.8 Å². The molecule has 0 bridgehead atoms. The molecular weight excluding hydrogens is 428 g/mol. The van der Waals surface area contributed by atoms with Gasteiger partial charge in [-0.25, -0.2) is 4.79 Å². The minimum absolute atomic E-state index is 0.0624. The van der Waals surface area contributed by atoms with Gasteiger partial charge in [-0.1, -0.05) is 11.3 Å². The number of nitrogens with zero attached hydrogens (tertiary/aromatic N) is 2. The van der Waals surface area contributed by atoms with Crippen LogP contribution in [0.3, 0.4) is 0 Å². The van der Waals surface area contributed by atoms with Crippen molar-refractivity contribution in [2.75, 3.05) is 27.4 Å². The number of ether oxygens (including phenoxy) is 3. The van der Waals surface area contributed by atoms with Gasteiger partial charge in [-0.3, -0.25) is 0 Å². The van der Waals surface area contributed by atoms with E-state index < -0.39 is 16.0 Å². The highest BCUT2D eigenvalue weighted by Crippen LogP contribution is 2.22. The van der Waals surface area contributed by atoms with E-state index in [-0.39, 0.29) is 4.90 Å². The maximum atomic E-state index is 12.9. The van der Waals surface area contributed by atoms with Crippen LogP contribution in [0.25, 0.3) is 10.2 Å². The van der Waals surface area contributed by atoms with E-state index in [9.17, 15) is 13.2 Å². The Bertz CT molecular complexity index is 1210. The summed E-state index contributed by atoms with van der Waals surface area (Å²) >= 11 is 1.18. The van der Waals surface area contributed by atoms with Gasteiger partial charge in [-0.15, -0.1) is 4.40 Å². The lowest BCUT2D eigenvalue weighted by atomic mass is 10.2. The van der Waals surface area contributed by atoms with Crippen LogP contribution < -0.4 is 9.54 Å². The maximum absolute atomic E-state index is 12.9. The zero-order chi connectivity index (χ0) is 21.7. The van der Waals surface area contributed by atoms with Gasteiger partial charge in [-0.05, 0) is 49.4 Å². The third-order valence-corrected chi connectivity index (χ3v) is 6.76. The number of fused-ring (bicyclic) bond motifs is 1. The second-order valence-electron chi connectivity index (χ2n) is 6.15. The number of thiazole rings is 1. The molecule has 1 heterocycles. The SMILES string of the molecule is CCOCCn1/c(=N/S(=O)(=O)c2ccc(OC)cc2)sc2cc(C(=O)OC)ccc21. The molecule has 0 saturated carbocycles. The Morgan fingerprint density at radius 1 is 1.13 bits per heavy atom. The van der Waals surface area contributed by atoms with E-state index in [4.69, 9.17) is 14.2 Å². The average Bonchev–Trinajstić information content (AvgIpc) is 3.09. The highest BCUT2D eigenvalue weighted by Gasteiger charge is 2.16. The normalized spacial score (nSPS) is 12.3. The zero-order valence-corrected chi connectivity index (χ0v) is 18.5. The first-order valence-corrected chi connectivity index (χ1v) is 11.4. The highest BCUT2D eigenvalue weighted by atomic mass is 32.2. The minimum Gasteiger partial charge on any atom is -0.497 e. The number of aromatic nitrogens is 1. The summed E-state index contributed by atoms with van der Waals surface area (Å²) in [4.78, 5) is 12.2. The van der Waals surface area contributed by atoms with Crippen LogP contribution >= 0.6 is 11.3 Å². The number of methoxy groups -OCH3 is 2. The van der Waals surface area contributed by atoms with Crippen LogP contribution in [0, 0.1) is 0 Å². The Hall–Kier alpha value is -2.69. The lowest BCUT2D eigenvalue weighted by Gasteiger charge is -2.06. The second kappa shape index (κ2) is 9.41. The highest BCUT2D eigenvalue weighted by molar-refractivity contribution is 7.90. The average molecular weight is 451 g/mol. The molecule has 0 aliphatic heterocycles. The number of carbonyl (C=O) groups is 1. The van der Waals surface area contributed by atoms with Crippen molar-refractivity contribution in [3.05, 3.63) is 52.8 Å². The monoisotopic (exact) mass is 450 g/mol. The molecule has 1 aromatic heterocycles. The Morgan fingerprint density at radius 2 is 1.87 bits per heavy atom. The maximum Gasteiger partial charge on any atom is 0.337 e. The molecule has 30 heavy (non-hydrogen) atoms. The van der Waals surface area contributed by atoms with Crippen LogP contribution in [0.4, 0.5) is 0 Å². The number of hydrogen-bond donors (Lipinski definition) is 0. The van der Waals surface area contributed by atoms with Crippen molar-refractivity contribution in [2.45, 2.75) is 18.4 Å². The molecule has 160 valence electrons. The van der Waals surface area contributed by atoms with Crippen molar-refractivity contribution in [3.8, 4) is 5.75 Å². The van der Waals surface area contributed by atoms with Crippen LogP contribution in [0.5, 0.6) is 5.75 Å². The molecule has 0 aliphatic rings. The standard InChI is InChI=1S/C20H22N2O6S2/c1-4-28-12-11-22-17-10-5-14(19(23)27-3)13-18(17)29-20(22)21-30(24,25)16-8-6-15(26-2)7-9-16/h5-10,13H,4,11-12H2,1-3H3/b21-20-. The van der Waals surface area contributed by atoms with Crippen molar-refractivity contribution in [2.24, 2.45) is 4.40 Å². The fourth-order valence-electron chi connectivity index (χ4n) is 2.81. The topological polar surface area (TPSA) is 96.2 Å². The molecule has 10 heteroatoms. The Balaban J connectivity index is 2.13. The third kappa shape index (κ3) is 4.72. The van der Waals surface area contributed by atoms with Crippen molar-refractivity contribution < 1.29 is 27.4 Å². The summed E-state index contributed by atoms with van der Waals surface area (Å²) in [6.07, 6.45) is 0. The van der Waals surface area contributed by atoms with Crippen molar-refractivity contribution in [3.63, 3.8) is 0 Å². The predicted octanol–water partition coefficient (Wildman–Crippen LogP) is 2.82. The van der Waals surface area contributed by atoms with Gasteiger partial charge in [0.25, 0.3) is 10.0 Å². The van der Waals surface area contributed by atoms with Gasteiger partial charge in [0.05, 0.1) is 41.5 Å². The third-order valence-electron chi connectivity index (χ3n) is 4.32. The van der Waals surface area contributed by atoms with Crippen molar-refractivity contribution in [1.29, 1.82) is 0 Å². The van der Waals surface area contributed by atoms with Crippen LogP contribution in [-0.4, -0.2) is 46.4 Å². The van der Waals surface area contributed by atoms with Crippen LogP contribution in [0.1, 0.15) is 17.3 Å². The van der Waals surface area contributed by atoms with E-state index in [0.29, 0.717) is 35.9 Å². The molecule has 0 fully saturated rings. The largest absolute Gasteiger partial charge is 0.497 e. The van der Waals surface area contributed by atoms with Gasteiger partial charge in [0.2, 0.25) is 4.80 Å². The van der Waals surface area contributed by atoms with Gasteiger partial charge in [0, 0.05) is 13.2 Å². The number of benzene rings is 2. The first kappa shape index (κ1) is 22.0. The van der Waals surface area contributed by atoms with Crippen molar-refractivity contribution >= 4 is 37.5 Å². The molecule has 0 saturated heterocycles. The molecule has 0 atom stereocenters. The first-order chi connectivity index (χ1) is 14.4. The quantitative estimate of drug-likeness (QED) is 0.387. The van der Waals surface area contributed by atoms with Gasteiger partial charge < -0.3 is 18.8 Å². The molecule has 8 nitrogen and oxygen atoms in total. The van der Waals surface area contributed by atoms with Crippen molar-refractivity contribution in [1.82, 2.24) is 4.57 Å². The molecule has 0 aliphatic carbocycles. The Morgan fingerprint density at radius 3 is 2.50 bits per heavy atom. The molecule has 0 spiro atoms. The molecule has 3 aromatic rings. The van der Waals surface area contributed by atoms with Crippen LogP contribution in [-0.2, 0) is 26.0 Å². The van der Waals surface area contributed by atoms with E-state index in [2.05, 4.69) is 4.40 Å². The first-order valence-electron chi connectivity index (χ1n) is 9.14. The summed E-state index contributed by atoms with van der Waals surface area (Å²) in [7, 11) is -1.12. The van der Waals surface area contributed by atoms with E-state index >= 15 is 0 Å². The fourth-order valence-corrected chi connectivity index (χ4v) is 5.11. The Kier molecular flexibility index (Phi) is 6.91. The predicted molar refractivity (Wildman–Crippen MR) is 113 cm³/mol. The smallest absolute Gasteiger partial charge is 0.337 e. The number of rotatable bonds is 8. The van der Waals surface area contributed by atoms with Gasteiger partial charge >= 0.3 is 5.97 Å². The van der Waals surface area contributed by atoms with E-state index in [1.807, 2.05) is 6.92 Å². The second-order valence-corrected chi connectivity index (χ2v) is 8.76. The summed E-state index contributed by atoms with van der Waals surface area (Å²) in [5, 5.41) is 0. The van der Waals surface area contributed by atoms with E-state index in [1.165, 1.54) is 37.7 Å². The minimum atomic E-state index is -3.94. The molecule has 0 amide bonds. The van der Waals surface area contributed by atoms with E-state index in [0.717, 1.165) is 10.2 Å². The summed E-state index contributed by atoms with van der Waals surface area (Å²) in [6, 6.07) is 11.1. The van der Waals surface area contributed by atoms with Gasteiger partial charge in [0.15, 0.2) is 0 Å². The number of esters is 1. The molecule has 0 unspecified atom stereocenters. The van der Waals surface area contributed by atoms with Gasteiger partial charge in [0.1, 0.15) is 5.75 Å². The molecular formula is C20H22N2O6S2. The lowest BCUT2D eigenvalue weighted by Crippen LogP contribution is -2.20. The summed E-state index contributed by atoms with van der Waals surface area (Å²) in [5.41, 5.74) is 1.14. The molecule has 0 radical (unpaired) electrons. The number of hydrogen-bond acceptors (Lipinski definition) is 7. The number of carbonyl (C=O) groups excluding carboxylic acids is 1. The summed E-state index contributed by atoms with van der Waals surface area (Å²) in [5.74, 6) is 0.0911. The van der Waals surface area contributed by atoms with Gasteiger partial charge in [-0.2, -0.15) is 8.42 Å². The number of sulfonamides is 1. The molecule has 3 rings (SSSR count). The Labute approximate surface area is 178 Å². The summed E-state index contributed by atoms with van der Waals surface area (Å²) in [6.45, 7) is 3.25. The zero-order valence-electron chi connectivity index (χ0n) is 16.8. The van der Waals surface area contributed by atoms with E-state index in [1.54, 1.807) is 34.9 Å². The summed E-state index contributed by atoms with van der Waals surface area (Å²) < 4.78 is 47.6. The lowest BCUT2D eigenvalue weighted by molar-refractivity contribution is 0.0601. The van der Waals surface area contributed by atoms with Crippen LogP contribution in [0.2, 0.25) is 0 Å². The molecule has 2 aromatic carbocycles.